The van der Waals surface area contributed by atoms with E-state index in [2.05, 4.69) is 4.98 Å². The minimum atomic E-state index is -0.593. The molecule has 0 amide bonds. The van der Waals surface area contributed by atoms with Crippen molar-refractivity contribution in [2.45, 2.75) is 18.9 Å². The normalized spacial score (nSPS) is 12.0. The molecule has 0 radical (unpaired) electrons. The Morgan fingerprint density at radius 1 is 1.58 bits per heavy atom. The van der Waals surface area contributed by atoms with Crippen LogP contribution in [0.2, 0.25) is 0 Å². The monoisotopic (exact) mass is 162 g/mol. The second kappa shape index (κ2) is 4.47. The van der Waals surface area contributed by atoms with Crippen LogP contribution in [0, 0.1) is 11.3 Å². The Morgan fingerprint density at radius 3 is 3.00 bits per heavy atom. The van der Waals surface area contributed by atoms with Crippen molar-refractivity contribution >= 4 is 0 Å². The van der Waals surface area contributed by atoms with Crippen molar-refractivity contribution in [1.82, 2.24) is 4.98 Å². The summed E-state index contributed by atoms with van der Waals surface area (Å²) in [6.07, 6.45) is 1.70. The van der Waals surface area contributed by atoms with Crippen LogP contribution in [0.4, 0.5) is 0 Å². The molecule has 3 nitrogen and oxygen atoms in total. The molecular weight excluding hydrogens is 152 g/mol. The van der Waals surface area contributed by atoms with Gasteiger partial charge in [0.25, 0.3) is 0 Å². The second-order valence-electron chi connectivity index (χ2n) is 2.54. The lowest BCUT2D eigenvalue weighted by Gasteiger charge is -2.03. The summed E-state index contributed by atoms with van der Waals surface area (Å²) in [5.41, 5.74) is 0.820. The summed E-state index contributed by atoms with van der Waals surface area (Å²) in [5, 5.41) is 17.5. The number of aliphatic hydroxyl groups is 1. The number of hydrogen-bond donors (Lipinski definition) is 1. The molecule has 1 rings (SSSR count). The Balaban J connectivity index is 2.48. The van der Waals surface area contributed by atoms with Crippen LogP contribution in [0.15, 0.2) is 24.4 Å². The molecule has 0 bridgehead atoms. The van der Waals surface area contributed by atoms with Crippen LogP contribution in [0.5, 0.6) is 0 Å². The van der Waals surface area contributed by atoms with Gasteiger partial charge >= 0.3 is 0 Å². The number of nitrogens with zero attached hydrogens (tertiary/aromatic N) is 2. The van der Waals surface area contributed by atoms with Crippen molar-refractivity contribution < 1.29 is 5.11 Å². The zero-order valence-corrected chi connectivity index (χ0v) is 6.64. The van der Waals surface area contributed by atoms with Gasteiger partial charge in [-0.1, -0.05) is 6.07 Å². The van der Waals surface area contributed by atoms with E-state index < -0.39 is 6.10 Å². The van der Waals surface area contributed by atoms with Crippen molar-refractivity contribution in [2.75, 3.05) is 0 Å². The lowest BCUT2D eigenvalue weighted by atomic mass is 10.1. The highest BCUT2D eigenvalue weighted by molar-refractivity contribution is 5.04. The molecule has 1 aromatic heterocycles. The summed E-state index contributed by atoms with van der Waals surface area (Å²) in [7, 11) is 0. The largest absolute Gasteiger partial charge is 0.392 e. The molecule has 3 heteroatoms. The fourth-order valence-electron chi connectivity index (χ4n) is 0.938. The summed E-state index contributed by atoms with van der Waals surface area (Å²) in [4.78, 5) is 4.03. The average molecular weight is 162 g/mol. The maximum Gasteiger partial charge on any atom is 0.0725 e. The van der Waals surface area contributed by atoms with Gasteiger partial charge < -0.3 is 5.11 Å². The number of pyridine rings is 1. The summed E-state index contributed by atoms with van der Waals surface area (Å²) < 4.78 is 0. The maximum absolute atomic E-state index is 9.24. The van der Waals surface area contributed by atoms with Crippen molar-refractivity contribution in [3.05, 3.63) is 30.1 Å². The average Bonchev–Trinajstić information content (AvgIpc) is 2.06. The number of hydrogen-bond acceptors (Lipinski definition) is 3. The number of aromatic nitrogens is 1. The van der Waals surface area contributed by atoms with Gasteiger partial charge in [0.1, 0.15) is 0 Å². The van der Waals surface area contributed by atoms with Crippen LogP contribution >= 0.6 is 0 Å². The fraction of sp³-hybridized carbons (Fsp3) is 0.333. The third kappa shape index (κ3) is 2.69. The van der Waals surface area contributed by atoms with Gasteiger partial charge in [-0.25, -0.2) is 0 Å². The minimum absolute atomic E-state index is 0.163. The van der Waals surface area contributed by atoms with Gasteiger partial charge in [-0.2, -0.15) is 5.26 Å². The Labute approximate surface area is 71.3 Å². The van der Waals surface area contributed by atoms with Crippen molar-refractivity contribution in [3.8, 4) is 6.07 Å². The quantitative estimate of drug-likeness (QED) is 0.718. The number of nitriles is 1. The molecule has 0 aliphatic carbocycles. The van der Waals surface area contributed by atoms with Crippen LogP contribution < -0.4 is 0 Å². The van der Waals surface area contributed by atoms with E-state index in [9.17, 15) is 5.11 Å². The van der Waals surface area contributed by atoms with Crippen LogP contribution in [-0.2, 0) is 6.42 Å². The van der Waals surface area contributed by atoms with Crippen molar-refractivity contribution in [2.24, 2.45) is 0 Å². The van der Waals surface area contributed by atoms with E-state index in [-0.39, 0.29) is 6.42 Å². The molecule has 1 atom stereocenters. The van der Waals surface area contributed by atoms with E-state index in [1.807, 2.05) is 24.3 Å². The Morgan fingerprint density at radius 2 is 2.42 bits per heavy atom. The van der Waals surface area contributed by atoms with E-state index in [4.69, 9.17) is 5.26 Å². The highest BCUT2D eigenvalue weighted by Crippen LogP contribution is 2.01. The zero-order chi connectivity index (χ0) is 8.81. The van der Waals surface area contributed by atoms with E-state index >= 15 is 0 Å². The molecule has 0 spiro atoms. The molecule has 62 valence electrons. The van der Waals surface area contributed by atoms with Gasteiger partial charge in [-0.3, -0.25) is 4.98 Å². The maximum atomic E-state index is 9.24. The number of aliphatic hydroxyl groups excluding tert-OH is 1. The van der Waals surface area contributed by atoms with E-state index in [0.717, 1.165) is 5.69 Å². The highest BCUT2D eigenvalue weighted by atomic mass is 16.3. The summed E-state index contributed by atoms with van der Waals surface area (Å²) in [6.45, 7) is 0. The molecule has 1 heterocycles. The summed E-state index contributed by atoms with van der Waals surface area (Å²) in [6, 6.07) is 7.43. The van der Waals surface area contributed by atoms with Crippen LogP contribution in [-0.4, -0.2) is 16.2 Å². The third-order valence-corrected chi connectivity index (χ3v) is 1.50. The van der Waals surface area contributed by atoms with Crippen LogP contribution in [0.1, 0.15) is 12.1 Å². The predicted octanol–water partition coefficient (Wildman–Crippen LogP) is 0.899. The molecule has 0 aliphatic heterocycles. The molecule has 1 N–H and O–H groups in total. The first-order chi connectivity index (χ1) is 5.83. The fourth-order valence-corrected chi connectivity index (χ4v) is 0.938. The standard InChI is InChI=1S/C9H10N2O/c10-5-4-9(12)7-8-3-1-2-6-11-8/h1-3,6,9,12H,4,7H2. The molecule has 0 fully saturated rings. The molecule has 0 saturated carbocycles. The van der Waals surface area contributed by atoms with Gasteiger partial charge in [0, 0.05) is 18.3 Å². The molecule has 0 saturated heterocycles. The molecule has 0 aliphatic rings. The third-order valence-electron chi connectivity index (χ3n) is 1.50. The van der Waals surface area contributed by atoms with Crippen LogP contribution in [0.25, 0.3) is 0 Å². The first-order valence-corrected chi connectivity index (χ1v) is 3.78. The Bertz CT molecular complexity index is 266. The SMILES string of the molecule is N#CCC(O)Cc1ccccn1. The highest BCUT2D eigenvalue weighted by Gasteiger charge is 2.04. The summed E-state index contributed by atoms with van der Waals surface area (Å²) in [5.74, 6) is 0. The van der Waals surface area contributed by atoms with Crippen molar-refractivity contribution in [3.63, 3.8) is 0 Å². The molecule has 1 unspecified atom stereocenters. The Kier molecular flexibility index (Phi) is 3.24. The predicted molar refractivity (Wildman–Crippen MR) is 44.2 cm³/mol. The second-order valence-corrected chi connectivity index (χ2v) is 2.54. The van der Waals surface area contributed by atoms with E-state index in [0.29, 0.717) is 6.42 Å². The smallest absolute Gasteiger partial charge is 0.0725 e. The van der Waals surface area contributed by atoms with Gasteiger partial charge in [-0.15, -0.1) is 0 Å². The molecular formula is C9H10N2O. The minimum Gasteiger partial charge on any atom is -0.392 e. The Hall–Kier alpha value is -1.40. The first kappa shape index (κ1) is 8.69. The molecule has 1 aromatic rings. The van der Waals surface area contributed by atoms with Gasteiger partial charge in [0.05, 0.1) is 18.6 Å². The van der Waals surface area contributed by atoms with E-state index in [1.54, 1.807) is 6.20 Å². The van der Waals surface area contributed by atoms with Gasteiger partial charge in [-0.05, 0) is 12.1 Å². The van der Waals surface area contributed by atoms with Gasteiger partial charge in [0.15, 0.2) is 0 Å². The van der Waals surface area contributed by atoms with E-state index in [1.165, 1.54) is 0 Å². The first-order valence-electron chi connectivity index (χ1n) is 3.78. The van der Waals surface area contributed by atoms with Gasteiger partial charge in [0.2, 0.25) is 0 Å². The molecule has 12 heavy (non-hydrogen) atoms. The topological polar surface area (TPSA) is 56.9 Å². The van der Waals surface area contributed by atoms with Crippen molar-refractivity contribution in [1.29, 1.82) is 5.26 Å². The lowest BCUT2D eigenvalue weighted by Crippen LogP contribution is -2.09. The summed E-state index contributed by atoms with van der Waals surface area (Å²) >= 11 is 0. The lowest BCUT2D eigenvalue weighted by molar-refractivity contribution is 0.179. The zero-order valence-electron chi connectivity index (χ0n) is 6.64. The van der Waals surface area contributed by atoms with Crippen LogP contribution in [0.3, 0.4) is 0 Å². The molecule has 0 aromatic carbocycles. The number of rotatable bonds is 3.